The Morgan fingerprint density at radius 3 is 2.04 bits per heavy atom. The van der Waals surface area contributed by atoms with Crippen LogP contribution in [-0.2, 0) is 14.4 Å². The number of carbonyl (C=O) groups excluding carboxylic acids is 1. The third-order valence-electron chi connectivity index (χ3n) is 2.84. The van der Waals surface area contributed by atoms with Gasteiger partial charge < -0.3 is 38.6 Å². The summed E-state index contributed by atoms with van der Waals surface area (Å²) in [6.45, 7) is 0.596. The molecule has 0 rings (SSSR count). The first-order valence-corrected chi connectivity index (χ1v) is 7.27. The number of hydrogen-bond acceptors (Lipinski definition) is 7. The summed E-state index contributed by atoms with van der Waals surface area (Å²) in [6, 6.07) is 0. The van der Waals surface area contributed by atoms with Gasteiger partial charge in [0.05, 0.1) is 0 Å². The summed E-state index contributed by atoms with van der Waals surface area (Å²) in [5.41, 5.74) is 26.5. The molecule has 0 aliphatic carbocycles. The van der Waals surface area contributed by atoms with Crippen molar-refractivity contribution >= 4 is 23.9 Å². The van der Waals surface area contributed by atoms with Crippen LogP contribution in [0, 0.1) is 0 Å². The minimum Gasteiger partial charge on any atom is -0.479 e. The first-order chi connectivity index (χ1) is 11.2. The number of nitrogens with zero attached hydrogens (tertiary/aromatic N) is 2. The van der Waals surface area contributed by atoms with Crippen molar-refractivity contribution < 1.29 is 19.5 Å². The lowest BCUT2D eigenvalue weighted by molar-refractivity contribution is -0.165. The van der Waals surface area contributed by atoms with Gasteiger partial charge in [-0.3, -0.25) is 14.8 Å². The van der Waals surface area contributed by atoms with Crippen molar-refractivity contribution in [1.82, 2.24) is 5.48 Å². The Balaban J connectivity index is 4.18. The fourth-order valence-corrected chi connectivity index (χ4v) is 1.56. The van der Waals surface area contributed by atoms with Crippen LogP contribution in [0.1, 0.15) is 32.1 Å². The predicted molar refractivity (Wildman–Crippen MR) is 88.2 cm³/mol. The zero-order chi connectivity index (χ0) is 18.6. The van der Waals surface area contributed by atoms with E-state index in [1.807, 2.05) is 0 Å². The lowest BCUT2D eigenvalue weighted by Crippen LogP contribution is -2.60. The number of hydroxylamine groups is 1. The highest BCUT2D eigenvalue weighted by molar-refractivity contribution is 5.78. The standard InChI is InChI=1S/C12H26N8O4/c13-10(14)18-6-2-1-4-8(21)24-20-12(17,9(22)23)5-3-7-19-11(15)16/h20H,1-7,17H2,(H,22,23)(H4,13,14,18)(H4,15,16,19)/t12-/m0/s1. The Labute approximate surface area is 139 Å². The number of nitrogens with one attached hydrogen (secondary N) is 1. The maximum atomic E-state index is 11.6. The van der Waals surface area contributed by atoms with Gasteiger partial charge in [0.2, 0.25) is 0 Å². The topological polar surface area (TPSA) is 230 Å². The van der Waals surface area contributed by atoms with Crippen LogP contribution in [0.2, 0.25) is 0 Å². The van der Waals surface area contributed by atoms with Crippen LogP contribution in [0.3, 0.4) is 0 Å². The lowest BCUT2D eigenvalue weighted by atomic mass is 10.1. The Bertz CT molecular complexity index is 474. The van der Waals surface area contributed by atoms with E-state index < -0.39 is 17.6 Å². The molecule has 0 aliphatic heterocycles. The maximum absolute atomic E-state index is 11.6. The van der Waals surface area contributed by atoms with E-state index in [1.54, 1.807) is 0 Å². The summed E-state index contributed by atoms with van der Waals surface area (Å²) in [5, 5.41) is 9.15. The van der Waals surface area contributed by atoms with Gasteiger partial charge in [0.15, 0.2) is 17.6 Å². The summed E-state index contributed by atoms with van der Waals surface area (Å²) < 4.78 is 0. The smallest absolute Gasteiger partial charge is 0.341 e. The summed E-state index contributed by atoms with van der Waals surface area (Å²) in [5.74, 6) is -2.13. The average molecular weight is 346 g/mol. The quantitative estimate of drug-likeness (QED) is 0.0633. The molecule has 12 heteroatoms. The van der Waals surface area contributed by atoms with Gasteiger partial charge in [-0.25, -0.2) is 4.79 Å². The highest BCUT2D eigenvalue weighted by Crippen LogP contribution is 2.08. The molecule has 138 valence electrons. The number of unbranched alkanes of at least 4 members (excludes halogenated alkanes) is 1. The first-order valence-electron chi connectivity index (χ1n) is 7.27. The zero-order valence-electron chi connectivity index (χ0n) is 13.4. The second-order valence-corrected chi connectivity index (χ2v) is 5.03. The van der Waals surface area contributed by atoms with Gasteiger partial charge in [0.1, 0.15) is 0 Å². The summed E-state index contributed by atoms with van der Waals surface area (Å²) >= 11 is 0. The van der Waals surface area contributed by atoms with E-state index in [4.69, 9.17) is 38.6 Å². The highest BCUT2D eigenvalue weighted by Gasteiger charge is 2.35. The average Bonchev–Trinajstić information content (AvgIpc) is 2.48. The normalized spacial score (nSPS) is 12.7. The monoisotopic (exact) mass is 346 g/mol. The van der Waals surface area contributed by atoms with Gasteiger partial charge in [0.25, 0.3) is 0 Å². The zero-order valence-corrected chi connectivity index (χ0v) is 13.4. The molecule has 0 aromatic rings. The molecule has 0 fully saturated rings. The molecule has 0 saturated carbocycles. The predicted octanol–water partition coefficient (Wildman–Crippen LogP) is -2.73. The molecule has 0 heterocycles. The molecule has 0 aromatic carbocycles. The van der Waals surface area contributed by atoms with Crippen LogP contribution in [-0.4, -0.2) is 47.7 Å². The second-order valence-electron chi connectivity index (χ2n) is 5.03. The molecule has 0 aromatic heterocycles. The number of aliphatic carboxylic acids is 1. The van der Waals surface area contributed by atoms with Crippen molar-refractivity contribution in [3.05, 3.63) is 0 Å². The number of nitrogens with two attached hydrogens (primary N) is 5. The summed E-state index contributed by atoms with van der Waals surface area (Å²) in [4.78, 5) is 35.0. The van der Waals surface area contributed by atoms with Crippen LogP contribution < -0.4 is 34.1 Å². The first kappa shape index (κ1) is 21.4. The van der Waals surface area contributed by atoms with Gasteiger partial charge in [0, 0.05) is 19.5 Å². The number of carboxylic acid groups (broad SMARTS) is 1. The molecular formula is C12H26N8O4. The number of carboxylic acids is 1. The molecule has 0 radical (unpaired) electrons. The van der Waals surface area contributed by atoms with Crippen molar-refractivity contribution in [1.29, 1.82) is 0 Å². The molecule has 0 aliphatic rings. The highest BCUT2D eigenvalue weighted by atomic mass is 16.7. The number of guanidine groups is 2. The van der Waals surface area contributed by atoms with Gasteiger partial charge in [-0.1, -0.05) is 0 Å². The summed E-state index contributed by atoms with van der Waals surface area (Å²) in [7, 11) is 0. The molecule has 0 saturated heterocycles. The van der Waals surface area contributed by atoms with Crippen molar-refractivity contribution in [2.45, 2.75) is 37.8 Å². The van der Waals surface area contributed by atoms with E-state index in [-0.39, 0.29) is 37.7 Å². The molecule has 12 N–H and O–H groups in total. The van der Waals surface area contributed by atoms with Crippen LogP contribution in [0.25, 0.3) is 0 Å². The minimum atomic E-state index is -1.92. The van der Waals surface area contributed by atoms with Gasteiger partial charge in [-0.15, -0.1) is 5.48 Å². The van der Waals surface area contributed by atoms with Crippen molar-refractivity contribution in [2.75, 3.05) is 13.1 Å². The molecule has 12 nitrogen and oxygen atoms in total. The van der Waals surface area contributed by atoms with E-state index in [2.05, 4.69) is 15.5 Å². The van der Waals surface area contributed by atoms with Gasteiger partial charge in [-0.05, 0) is 25.7 Å². The summed E-state index contributed by atoms with van der Waals surface area (Å²) in [6.07, 6.45) is 1.36. The Morgan fingerprint density at radius 1 is 1.00 bits per heavy atom. The van der Waals surface area contributed by atoms with E-state index in [1.165, 1.54) is 0 Å². The SMILES string of the molecule is NC(N)=NCCCCC(=O)ON[C@@](N)(CCCN=C(N)N)C(=O)O. The number of carbonyl (C=O) groups is 2. The largest absolute Gasteiger partial charge is 0.479 e. The fourth-order valence-electron chi connectivity index (χ4n) is 1.56. The van der Waals surface area contributed by atoms with Crippen LogP contribution in [0.15, 0.2) is 9.98 Å². The van der Waals surface area contributed by atoms with E-state index in [9.17, 15) is 9.59 Å². The van der Waals surface area contributed by atoms with Crippen LogP contribution in [0.5, 0.6) is 0 Å². The number of aliphatic imine (C=N–C) groups is 2. The van der Waals surface area contributed by atoms with E-state index in [0.717, 1.165) is 0 Å². The molecule has 1 atom stereocenters. The maximum Gasteiger partial charge on any atom is 0.341 e. The van der Waals surface area contributed by atoms with Crippen LogP contribution in [0.4, 0.5) is 0 Å². The van der Waals surface area contributed by atoms with E-state index in [0.29, 0.717) is 19.4 Å². The van der Waals surface area contributed by atoms with Crippen molar-refractivity contribution in [2.24, 2.45) is 38.7 Å². The van der Waals surface area contributed by atoms with Crippen LogP contribution >= 0.6 is 0 Å². The molecule has 0 unspecified atom stereocenters. The van der Waals surface area contributed by atoms with E-state index >= 15 is 0 Å². The molecular weight excluding hydrogens is 320 g/mol. The minimum absolute atomic E-state index is 0.0191. The molecule has 24 heavy (non-hydrogen) atoms. The second kappa shape index (κ2) is 11.0. The Hall–Kier alpha value is -2.60. The number of hydrogen-bond donors (Lipinski definition) is 7. The Kier molecular flexibility index (Phi) is 9.82. The van der Waals surface area contributed by atoms with Crippen molar-refractivity contribution in [3.8, 4) is 0 Å². The Morgan fingerprint density at radius 2 is 1.54 bits per heavy atom. The fraction of sp³-hybridized carbons (Fsp3) is 0.667. The molecule has 0 bridgehead atoms. The number of rotatable bonds is 12. The molecule has 0 amide bonds. The van der Waals surface area contributed by atoms with Crippen molar-refractivity contribution in [3.63, 3.8) is 0 Å². The van der Waals surface area contributed by atoms with Gasteiger partial charge in [-0.2, -0.15) is 0 Å². The lowest BCUT2D eigenvalue weighted by Gasteiger charge is -2.24. The third-order valence-corrected chi connectivity index (χ3v) is 2.84. The molecule has 0 spiro atoms. The van der Waals surface area contributed by atoms with Gasteiger partial charge >= 0.3 is 11.9 Å². The third kappa shape index (κ3) is 10.2.